The maximum absolute atomic E-state index is 6.12. The minimum absolute atomic E-state index is 0.501. The molecular formula is C13H18ClN5O. The van der Waals surface area contributed by atoms with Gasteiger partial charge in [0.25, 0.3) is 0 Å². The zero-order valence-electron chi connectivity index (χ0n) is 11.9. The lowest BCUT2D eigenvalue weighted by molar-refractivity contribution is 0.387. The molecule has 1 N–H and O–H groups in total. The number of nitrogens with zero attached hydrogens (tertiary/aromatic N) is 4. The van der Waals surface area contributed by atoms with Gasteiger partial charge < -0.3 is 9.84 Å². The van der Waals surface area contributed by atoms with Crippen LogP contribution < -0.4 is 5.32 Å². The molecule has 20 heavy (non-hydrogen) atoms. The van der Waals surface area contributed by atoms with E-state index in [1.165, 1.54) is 0 Å². The molecule has 2 rings (SSSR count). The van der Waals surface area contributed by atoms with Crippen LogP contribution >= 0.6 is 11.6 Å². The Morgan fingerprint density at radius 2 is 1.90 bits per heavy atom. The molecular weight excluding hydrogens is 278 g/mol. The first-order valence-corrected chi connectivity index (χ1v) is 7.04. The quantitative estimate of drug-likeness (QED) is 0.826. The molecule has 0 radical (unpaired) electrons. The number of halogens is 1. The van der Waals surface area contributed by atoms with Gasteiger partial charge in [-0.15, -0.1) is 0 Å². The first-order valence-electron chi connectivity index (χ1n) is 6.66. The fourth-order valence-electron chi connectivity index (χ4n) is 1.78. The van der Waals surface area contributed by atoms with E-state index in [1.54, 1.807) is 6.92 Å². The van der Waals surface area contributed by atoms with Crippen LogP contribution in [0.15, 0.2) is 4.52 Å². The van der Waals surface area contributed by atoms with E-state index in [9.17, 15) is 0 Å². The van der Waals surface area contributed by atoms with Gasteiger partial charge in [-0.2, -0.15) is 4.98 Å². The van der Waals surface area contributed by atoms with E-state index in [1.807, 2.05) is 6.92 Å². The van der Waals surface area contributed by atoms with E-state index in [2.05, 4.69) is 32.3 Å². The van der Waals surface area contributed by atoms with E-state index in [0.717, 1.165) is 30.0 Å². The Kier molecular flexibility index (Phi) is 4.89. The lowest BCUT2D eigenvalue weighted by Gasteiger charge is -2.10. The van der Waals surface area contributed by atoms with E-state index in [-0.39, 0.29) is 0 Å². The van der Waals surface area contributed by atoms with Crippen molar-refractivity contribution in [2.24, 2.45) is 0 Å². The molecule has 0 amide bonds. The minimum atomic E-state index is 0.501. The third-order valence-corrected chi connectivity index (χ3v) is 3.19. The lowest BCUT2D eigenvalue weighted by atomic mass is 10.3. The van der Waals surface area contributed by atoms with Crippen LogP contribution in [0.5, 0.6) is 0 Å². The number of hydrogen-bond acceptors (Lipinski definition) is 6. The van der Waals surface area contributed by atoms with Crippen molar-refractivity contribution >= 4 is 17.4 Å². The molecule has 0 fully saturated rings. The largest absolute Gasteiger partial charge is 0.369 e. The van der Waals surface area contributed by atoms with Gasteiger partial charge >= 0.3 is 0 Å². The molecule has 0 saturated carbocycles. The summed E-state index contributed by atoms with van der Waals surface area (Å²) in [6.07, 6.45) is 2.47. The normalized spacial score (nSPS) is 10.8. The molecule has 0 saturated heterocycles. The van der Waals surface area contributed by atoms with Crippen molar-refractivity contribution in [3.05, 3.63) is 28.3 Å². The summed E-state index contributed by atoms with van der Waals surface area (Å²) in [5.74, 6) is 2.79. The van der Waals surface area contributed by atoms with E-state index in [4.69, 9.17) is 16.1 Å². The second-order valence-electron chi connectivity index (χ2n) is 4.56. The number of nitrogens with one attached hydrogen (secondary N) is 1. The minimum Gasteiger partial charge on any atom is -0.369 e. The molecule has 2 aromatic heterocycles. The van der Waals surface area contributed by atoms with Crippen LogP contribution in [0.1, 0.15) is 36.4 Å². The third-order valence-electron chi connectivity index (χ3n) is 2.82. The summed E-state index contributed by atoms with van der Waals surface area (Å²) in [7, 11) is 0. The first kappa shape index (κ1) is 14.7. The van der Waals surface area contributed by atoms with Crippen molar-refractivity contribution in [2.45, 2.75) is 40.0 Å². The Bertz CT molecular complexity index is 584. The van der Waals surface area contributed by atoms with Crippen molar-refractivity contribution in [1.29, 1.82) is 0 Å². The van der Waals surface area contributed by atoms with Crippen LogP contribution in [0.25, 0.3) is 0 Å². The maximum atomic E-state index is 6.12. The molecule has 0 aliphatic heterocycles. The summed E-state index contributed by atoms with van der Waals surface area (Å²) in [5.41, 5.74) is 0.857. The SMILES string of the molecule is CCCc1nc(Cl)c(C)c(NCCc2noc(C)n2)n1. The number of aryl methyl sites for hydroxylation is 2. The van der Waals surface area contributed by atoms with E-state index in [0.29, 0.717) is 29.8 Å². The van der Waals surface area contributed by atoms with Crippen LogP contribution in [0, 0.1) is 13.8 Å². The number of rotatable bonds is 6. The smallest absolute Gasteiger partial charge is 0.223 e. The Hall–Kier alpha value is -1.69. The van der Waals surface area contributed by atoms with Crippen molar-refractivity contribution in [3.63, 3.8) is 0 Å². The van der Waals surface area contributed by atoms with Gasteiger partial charge in [-0.3, -0.25) is 0 Å². The highest BCUT2D eigenvalue weighted by molar-refractivity contribution is 6.30. The van der Waals surface area contributed by atoms with Crippen molar-refractivity contribution in [1.82, 2.24) is 20.1 Å². The maximum Gasteiger partial charge on any atom is 0.223 e. The van der Waals surface area contributed by atoms with Crippen LogP contribution in [0.3, 0.4) is 0 Å². The third kappa shape index (κ3) is 3.66. The van der Waals surface area contributed by atoms with Gasteiger partial charge in [0.15, 0.2) is 5.82 Å². The topological polar surface area (TPSA) is 76.7 Å². The van der Waals surface area contributed by atoms with Gasteiger partial charge in [0.1, 0.15) is 16.8 Å². The average Bonchev–Trinajstić information content (AvgIpc) is 2.81. The molecule has 2 aromatic rings. The van der Waals surface area contributed by atoms with Crippen LogP contribution in [0.2, 0.25) is 5.15 Å². The molecule has 2 heterocycles. The second-order valence-corrected chi connectivity index (χ2v) is 4.92. The zero-order chi connectivity index (χ0) is 14.5. The number of anilines is 1. The lowest BCUT2D eigenvalue weighted by Crippen LogP contribution is -2.11. The van der Waals surface area contributed by atoms with Crippen LogP contribution in [-0.2, 0) is 12.8 Å². The van der Waals surface area contributed by atoms with Gasteiger partial charge in [-0.25, -0.2) is 9.97 Å². The van der Waals surface area contributed by atoms with Gasteiger partial charge in [0.05, 0.1) is 0 Å². The Morgan fingerprint density at radius 3 is 2.55 bits per heavy atom. The standard InChI is InChI=1S/C13H18ClN5O/c1-4-5-10-17-12(14)8(2)13(18-10)15-7-6-11-16-9(3)20-19-11/h4-7H2,1-3H3,(H,15,17,18). The summed E-state index contributed by atoms with van der Waals surface area (Å²) < 4.78 is 4.93. The monoisotopic (exact) mass is 295 g/mol. The molecule has 108 valence electrons. The zero-order valence-corrected chi connectivity index (χ0v) is 12.7. The molecule has 0 aliphatic carbocycles. The van der Waals surface area contributed by atoms with Crippen LogP contribution in [0.4, 0.5) is 5.82 Å². The molecule has 0 spiro atoms. The molecule has 0 aromatic carbocycles. The molecule has 0 unspecified atom stereocenters. The fraction of sp³-hybridized carbons (Fsp3) is 0.538. The van der Waals surface area contributed by atoms with Crippen molar-refractivity contribution < 1.29 is 4.52 Å². The summed E-state index contributed by atoms with van der Waals surface area (Å²) in [6.45, 7) is 6.43. The van der Waals surface area contributed by atoms with Gasteiger partial charge in [-0.05, 0) is 13.3 Å². The van der Waals surface area contributed by atoms with E-state index < -0.39 is 0 Å². The molecule has 6 nitrogen and oxygen atoms in total. The summed E-state index contributed by atoms with van der Waals surface area (Å²) in [6, 6.07) is 0. The predicted octanol–water partition coefficient (Wildman–Crippen LogP) is 2.74. The Morgan fingerprint density at radius 1 is 1.10 bits per heavy atom. The number of hydrogen-bond donors (Lipinski definition) is 1. The molecule has 7 heteroatoms. The van der Waals surface area contributed by atoms with Gasteiger partial charge in [0.2, 0.25) is 5.89 Å². The van der Waals surface area contributed by atoms with Gasteiger partial charge in [0, 0.05) is 31.9 Å². The first-order chi connectivity index (χ1) is 9.60. The highest BCUT2D eigenvalue weighted by Crippen LogP contribution is 2.20. The van der Waals surface area contributed by atoms with Crippen molar-refractivity contribution in [3.8, 4) is 0 Å². The highest BCUT2D eigenvalue weighted by Gasteiger charge is 2.09. The average molecular weight is 296 g/mol. The number of aromatic nitrogens is 4. The second kappa shape index (κ2) is 6.65. The fourth-order valence-corrected chi connectivity index (χ4v) is 1.96. The summed E-state index contributed by atoms with van der Waals surface area (Å²) in [5, 5.41) is 7.60. The van der Waals surface area contributed by atoms with Crippen LogP contribution in [-0.4, -0.2) is 26.7 Å². The molecule has 0 aliphatic rings. The Balaban J connectivity index is 2.01. The Labute approximate surface area is 123 Å². The summed E-state index contributed by atoms with van der Waals surface area (Å²) >= 11 is 6.12. The van der Waals surface area contributed by atoms with Gasteiger partial charge in [-0.1, -0.05) is 23.7 Å². The molecule has 0 bridgehead atoms. The predicted molar refractivity (Wildman–Crippen MR) is 77.0 cm³/mol. The van der Waals surface area contributed by atoms with Crippen molar-refractivity contribution in [2.75, 3.05) is 11.9 Å². The highest BCUT2D eigenvalue weighted by atomic mass is 35.5. The van der Waals surface area contributed by atoms with E-state index >= 15 is 0 Å². The summed E-state index contributed by atoms with van der Waals surface area (Å²) in [4.78, 5) is 12.9. The molecule has 0 atom stereocenters.